The molecule has 1 aliphatic heterocycles. The van der Waals surface area contributed by atoms with Gasteiger partial charge in [-0.25, -0.2) is 9.37 Å². The van der Waals surface area contributed by atoms with Crippen LogP contribution in [0, 0.1) is 5.82 Å². The third-order valence-corrected chi connectivity index (χ3v) is 9.24. The number of carbonyl (C=O) groups is 2. The summed E-state index contributed by atoms with van der Waals surface area (Å²) >= 11 is 1.06. The van der Waals surface area contributed by atoms with Crippen LogP contribution in [0.2, 0.25) is 0 Å². The number of thiazole rings is 1. The van der Waals surface area contributed by atoms with Gasteiger partial charge in [-0.3, -0.25) is 19.3 Å². The molecule has 1 saturated carbocycles. The van der Waals surface area contributed by atoms with Crippen LogP contribution < -0.4 is 21.1 Å². The Hall–Kier alpha value is -3.78. The number of pyridine rings is 1. The lowest BCUT2D eigenvalue weighted by molar-refractivity contribution is -0.138. The zero-order valence-electron chi connectivity index (χ0n) is 24.6. The van der Waals surface area contributed by atoms with Crippen LogP contribution in [0.15, 0.2) is 34.6 Å². The van der Waals surface area contributed by atoms with E-state index in [1.54, 1.807) is 5.38 Å². The van der Waals surface area contributed by atoms with Gasteiger partial charge < -0.3 is 20.5 Å². The number of nitrogens with one attached hydrogen (secondary N) is 3. The van der Waals surface area contributed by atoms with Crippen molar-refractivity contribution in [2.24, 2.45) is 0 Å². The van der Waals surface area contributed by atoms with E-state index in [9.17, 15) is 27.6 Å². The van der Waals surface area contributed by atoms with Gasteiger partial charge in [0.2, 0.25) is 5.56 Å². The third kappa shape index (κ3) is 6.80. The first kappa shape index (κ1) is 31.6. The van der Waals surface area contributed by atoms with Gasteiger partial charge in [-0.1, -0.05) is 19.3 Å². The normalized spacial score (nSPS) is 20.0. The minimum Gasteiger partial charge on any atom is -0.366 e. The van der Waals surface area contributed by atoms with Crippen LogP contribution in [-0.4, -0.2) is 64.9 Å². The highest BCUT2D eigenvalue weighted by Crippen LogP contribution is 2.37. The molecule has 1 aromatic carbocycles. The maximum Gasteiger partial charge on any atom is 0.417 e. The molecule has 2 fully saturated rings. The summed E-state index contributed by atoms with van der Waals surface area (Å²) in [7, 11) is 1.97. The number of likely N-dealkylation sites (N-methyl/N-ethyl adjacent to an activating group) is 1. The minimum absolute atomic E-state index is 0.0116. The number of H-pyrrole nitrogens is 1. The Bertz CT molecular complexity index is 1590. The Balaban J connectivity index is 1.51. The van der Waals surface area contributed by atoms with E-state index in [-0.39, 0.29) is 51.7 Å². The van der Waals surface area contributed by atoms with Crippen LogP contribution in [0.3, 0.4) is 0 Å². The highest BCUT2D eigenvalue weighted by Gasteiger charge is 2.36. The van der Waals surface area contributed by atoms with E-state index in [2.05, 4.69) is 25.5 Å². The summed E-state index contributed by atoms with van der Waals surface area (Å²) in [6.07, 6.45) is 0.719. The van der Waals surface area contributed by atoms with Gasteiger partial charge in [0.1, 0.15) is 0 Å². The van der Waals surface area contributed by atoms with E-state index >= 15 is 4.39 Å². The van der Waals surface area contributed by atoms with Gasteiger partial charge >= 0.3 is 6.18 Å². The smallest absolute Gasteiger partial charge is 0.366 e. The van der Waals surface area contributed by atoms with E-state index in [1.165, 1.54) is 12.1 Å². The maximum atomic E-state index is 16.3. The molecule has 2 atom stereocenters. The van der Waals surface area contributed by atoms with E-state index in [0.29, 0.717) is 25.4 Å². The van der Waals surface area contributed by atoms with Crippen LogP contribution >= 0.6 is 11.3 Å². The lowest BCUT2D eigenvalue weighted by atomic mass is 9.95. The van der Waals surface area contributed by atoms with Crippen molar-refractivity contribution < 1.29 is 27.2 Å². The van der Waals surface area contributed by atoms with Crippen molar-refractivity contribution in [2.75, 3.05) is 30.4 Å². The first-order valence-electron chi connectivity index (χ1n) is 14.5. The van der Waals surface area contributed by atoms with Gasteiger partial charge in [-0.05, 0) is 45.9 Å². The average molecular weight is 635 g/mol. The molecule has 0 radical (unpaired) electrons. The standard InChI is InChI=1S/C30H34F4N6O3S/c1-16-13-40(14-17(2)39(16)3)24-10-19(37-27(42)21-12-35-25(41)11-22(21)30(32,33)34)9-20(26(24)31)23-15-44-29(38-23)28(43)36-18-7-5-4-6-8-18/h9-12,15-18H,4-8,13-14H2,1-3H3,(H,35,41)(H,36,43)(H,37,42)/t16-,17+. The van der Waals surface area contributed by atoms with E-state index < -0.39 is 34.6 Å². The van der Waals surface area contributed by atoms with E-state index in [0.717, 1.165) is 43.4 Å². The van der Waals surface area contributed by atoms with Crippen LogP contribution in [0.5, 0.6) is 0 Å². The van der Waals surface area contributed by atoms with Gasteiger partial charge in [-0.2, -0.15) is 13.2 Å². The summed E-state index contributed by atoms with van der Waals surface area (Å²) in [5.74, 6) is -2.11. The molecule has 236 valence electrons. The molecule has 9 nitrogen and oxygen atoms in total. The molecule has 44 heavy (non-hydrogen) atoms. The van der Waals surface area contributed by atoms with Crippen LogP contribution in [0.25, 0.3) is 11.3 Å². The Labute approximate surface area is 255 Å². The summed E-state index contributed by atoms with van der Waals surface area (Å²) in [6, 6.07) is 3.16. The van der Waals surface area contributed by atoms with Crippen molar-refractivity contribution in [2.45, 2.75) is 70.3 Å². The summed E-state index contributed by atoms with van der Waals surface area (Å²) in [6.45, 7) is 4.91. The second-order valence-corrected chi connectivity index (χ2v) is 12.4. The molecule has 2 amide bonds. The van der Waals surface area contributed by atoms with Crippen LogP contribution in [-0.2, 0) is 6.18 Å². The first-order chi connectivity index (χ1) is 20.8. The fourth-order valence-electron chi connectivity index (χ4n) is 5.79. The molecular weight excluding hydrogens is 600 g/mol. The maximum absolute atomic E-state index is 16.3. The number of halogens is 4. The summed E-state index contributed by atoms with van der Waals surface area (Å²) in [4.78, 5) is 48.1. The van der Waals surface area contributed by atoms with E-state index in [1.807, 2.05) is 25.8 Å². The van der Waals surface area contributed by atoms with Crippen LogP contribution in [0.4, 0.5) is 28.9 Å². The monoisotopic (exact) mass is 634 g/mol. The molecule has 1 aliphatic carbocycles. The molecule has 3 aromatic rings. The summed E-state index contributed by atoms with van der Waals surface area (Å²) in [5, 5.41) is 7.15. The number of piperazine rings is 1. The number of carbonyl (C=O) groups excluding carboxylic acids is 2. The lowest BCUT2D eigenvalue weighted by Gasteiger charge is -2.43. The van der Waals surface area contributed by atoms with Crippen molar-refractivity contribution in [3.63, 3.8) is 0 Å². The molecule has 1 saturated heterocycles. The van der Waals surface area contributed by atoms with Gasteiger partial charge in [0.05, 0.1) is 22.5 Å². The molecule has 5 rings (SSSR count). The minimum atomic E-state index is -4.96. The number of hydrogen-bond donors (Lipinski definition) is 3. The number of anilines is 2. The third-order valence-electron chi connectivity index (χ3n) is 8.40. The molecule has 14 heteroatoms. The highest BCUT2D eigenvalue weighted by atomic mass is 32.1. The summed E-state index contributed by atoms with van der Waals surface area (Å²) in [5.41, 5.74) is -2.87. The number of hydrogen-bond acceptors (Lipinski definition) is 7. The van der Waals surface area contributed by atoms with Crippen molar-refractivity contribution >= 4 is 34.5 Å². The molecule has 3 heterocycles. The molecule has 0 unspecified atom stereocenters. The highest BCUT2D eigenvalue weighted by molar-refractivity contribution is 7.12. The number of rotatable bonds is 6. The molecule has 3 N–H and O–H groups in total. The number of aromatic nitrogens is 2. The van der Waals surface area contributed by atoms with Gasteiger partial charge in [0.25, 0.3) is 11.8 Å². The Morgan fingerprint density at radius 3 is 2.39 bits per heavy atom. The quantitative estimate of drug-likeness (QED) is 0.309. The first-order valence-corrected chi connectivity index (χ1v) is 15.4. The molecule has 0 spiro atoms. The Morgan fingerprint density at radius 2 is 1.73 bits per heavy atom. The predicted octanol–water partition coefficient (Wildman–Crippen LogP) is 5.50. The second kappa shape index (κ2) is 12.7. The number of benzene rings is 1. The largest absolute Gasteiger partial charge is 0.417 e. The topological polar surface area (TPSA) is 110 Å². The number of aromatic amines is 1. The molecular formula is C30H34F4N6O3S. The molecule has 0 bridgehead atoms. The Morgan fingerprint density at radius 1 is 1.05 bits per heavy atom. The van der Waals surface area contributed by atoms with Gasteiger partial charge in [0, 0.05) is 60.1 Å². The second-order valence-electron chi connectivity index (χ2n) is 11.5. The van der Waals surface area contributed by atoms with Crippen molar-refractivity contribution in [3.05, 3.63) is 62.1 Å². The zero-order valence-corrected chi connectivity index (χ0v) is 25.4. The summed E-state index contributed by atoms with van der Waals surface area (Å²) < 4.78 is 57.3. The molecule has 2 aliphatic rings. The van der Waals surface area contributed by atoms with Crippen molar-refractivity contribution in [1.82, 2.24) is 20.2 Å². The fraction of sp³-hybridized carbons (Fsp3) is 0.467. The van der Waals surface area contributed by atoms with Gasteiger partial charge in [-0.15, -0.1) is 11.3 Å². The number of amides is 2. The average Bonchev–Trinajstić information content (AvgIpc) is 3.47. The molecule has 2 aromatic heterocycles. The van der Waals surface area contributed by atoms with Gasteiger partial charge in [0.15, 0.2) is 10.8 Å². The lowest BCUT2D eigenvalue weighted by Crippen LogP contribution is -2.55. The SMILES string of the molecule is C[C@@H]1CN(c2cc(NC(=O)c3c[nH]c(=O)cc3C(F)(F)F)cc(-c3csc(C(=O)NC4CCCCC4)n3)c2F)C[C@H](C)N1C. The van der Waals surface area contributed by atoms with Crippen molar-refractivity contribution in [1.29, 1.82) is 0 Å². The van der Waals surface area contributed by atoms with Crippen LogP contribution in [0.1, 0.15) is 71.7 Å². The predicted molar refractivity (Wildman–Crippen MR) is 161 cm³/mol. The number of nitrogens with zero attached hydrogens (tertiary/aromatic N) is 3. The van der Waals surface area contributed by atoms with Crippen molar-refractivity contribution in [3.8, 4) is 11.3 Å². The van der Waals surface area contributed by atoms with E-state index in [4.69, 9.17) is 0 Å². The number of alkyl halides is 3. The zero-order chi connectivity index (χ0) is 31.8. The Kier molecular flexibility index (Phi) is 9.12. The fourth-order valence-corrected chi connectivity index (χ4v) is 6.51.